The quantitative estimate of drug-likeness (QED) is 0.674. The van der Waals surface area contributed by atoms with Gasteiger partial charge in [-0.15, -0.1) is 11.3 Å². The molecule has 0 aliphatic heterocycles. The standard InChI is InChI=1S/C11H19N3O2S/c1-2-8(3-4-15)6-13-10(16)5-9-7-17-11(12)14-9/h7-8,15H,2-6H2,1H3,(H2,12,14)(H,13,16). The molecule has 1 heterocycles. The summed E-state index contributed by atoms with van der Waals surface area (Å²) in [6.45, 7) is 2.82. The van der Waals surface area contributed by atoms with E-state index in [1.54, 1.807) is 5.38 Å². The van der Waals surface area contributed by atoms with Crippen LogP contribution >= 0.6 is 11.3 Å². The molecular formula is C11H19N3O2S. The number of nitrogen functional groups attached to an aromatic ring is 1. The molecule has 6 heteroatoms. The molecule has 1 rings (SSSR count). The number of aliphatic hydroxyl groups is 1. The van der Waals surface area contributed by atoms with Gasteiger partial charge in [-0.2, -0.15) is 0 Å². The molecule has 1 aromatic rings. The first-order valence-corrected chi connectivity index (χ1v) is 6.61. The lowest BCUT2D eigenvalue weighted by Crippen LogP contribution is -2.30. The first-order chi connectivity index (χ1) is 8.15. The van der Waals surface area contributed by atoms with E-state index in [4.69, 9.17) is 10.8 Å². The minimum atomic E-state index is -0.0494. The van der Waals surface area contributed by atoms with E-state index < -0.39 is 0 Å². The van der Waals surface area contributed by atoms with E-state index in [1.807, 2.05) is 6.92 Å². The van der Waals surface area contributed by atoms with Gasteiger partial charge in [-0.25, -0.2) is 4.98 Å². The highest BCUT2D eigenvalue weighted by atomic mass is 32.1. The van der Waals surface area contributed by atoms with Crippen LogP contribution in [0.3, 0.4) is 0 Å². The van der Waals surface area contributed by atoms with Crippen LogP contribution in [-0.2, 0) is 11.2 Å². The first kappa shape index (κ1) is 13.9. The van der Waals surface area contributed by atoms with Crippen molar-refractivity contribution in [1.82, 2.24) is 10.3 Å². The maximum absolute atomic E-state index is 11.6. The lowest BCUT2D eigenvalue weighted by atomic mass is 10.0. The van der Waals surface area contributed by atoms with Gasteiger partial charge in [0.25, 0.3) is 0 Å². The summed E-state index contributed by atoms with van der Waals surface area (Å²) in [7, 11) is 0. The van der Waals surface area contributed by atoms with Gasteiger partial charge in [-0.05, 0) is 12.3 Å². The van der Waals surface area contributed by atoms with E-state index >= 15 is 0 Å². The summed E-state index contributed by atoms with van der Waals surface area (Å²) in [5.41, 5.74) is 6.19. The largest absolute Gasteiger partial charge is 0.396 e. The first-order valence-electron chi connectivity index (χ1n) is 5.73. The molecule has 0 saturated carbocycles. The number of hydrogen-bond donors (Lipinski definition) is 3. The Morgan fingerprint density at radius 3 is 3.00 bits per heavy atom. The van der Waals surface area contributed by atoms with Gasteiger partial charge < -0.3 is 16.2 Å². The number of amides is 1. The van der Waals surface area contributed by atoms with Gasteiger partial charge in [0, 0.05) is 18.5 Å². The van der Waals surface area contributed by atoms with E-state index in [0.29, 0.717) is 23.3 Å². The molecule has 4 N–H and O–H groups in total. The van der Waals surface area contributed by atoms with Crippen LogP contribution in [0.5, 0.6) is 0 Å². The van der Waals surface area contributed by atoms with E-state index in [2.05, 4.69) is 10.3 Å². The summed E-state index contributed by atoms with van der Waals surface area (Å²) in [5, 5.41) is 14.0. The van der Waals surface area contributed by atoms with Gasteiger partial charge in [0.1, 0.15) is 0 Å². The molecule has 5 nitrogen and oxygen atoms in total. The number of thiazole rings is 1. The fraction of sp³-hybridized carbons (Fsp3) is 0.636. The Morgan fingerprint density at radius 2 is 2.47 bits per heavy atom. The van der Waals surface area contributed by atoms with Crippen LogP contribution in [0.25, 0.3) is 0 Å². The van der Waals surface area contributed by atoms with Crippen molar-refractivity contribution in [2.24, 2.45) is 5.92 Å². The molecular weight excluding hydrogens is 238 g/mol. The van der Waals surface area contributed by atoms with Gasteiger partial charge in [0.05, 0.1) is 12.1 Å². The van der Waals surface area contributed by atoms with Crippen LogP contribution in [0.15, 0.2) is 5.38 Å². The Labute approximate surface area is 105 Å². The highest BCUT2D eigenvalue weighted by Gasteiger charge is 2.10. The molecule has 0 aliphatic rings. The number of hydrogen-bond acceptors (Lipinski definition) is 5. The second-order valence-corrected chi connectivity index (χ2v) is 4.83. The van der Waals surface area contributed by atoms with Crippen molar-refractivity contribution in [2.75, 3.05) is 18.9 Å². The SMILES string of the molecule is CCC(CCO)CNC(=O)Cc1csc(N)n1. The molecule has 0 radical (unpaired) electrons. The van der Waals surface area contributed by atoms with Crippen molar-refractivity contribution in [2.45, 2.75) is 26.2 Å². The van der Waals surface area contributed by atoms with Crippen LogP contribution in [0.2, 0.25) is 0 Å². The molecule has 17 heavy (non-hydrogen) atoms. The Hall–Kier alpha value is -1.14. The molecule has 96 valence electrons. The van der Waals surface area contributed by atoms with Crippen LogP contribution in [-0.4, -0.2) is 29.1 Å². The van der Waals surface area contributed by atoms with Crippen LogP contribution in [0, 0.1) is 5.92 Å². The van der Waals surface area contributed by atoms with Crippen LogP contribution < -0.4 is 11.1 Å². The molecule has 0 bridgehead atoms. The molecule has 0 aliphatic carbocycles. The van der Waals surface area contributed by atoms with Crippen molar-refractivity contribution in [3.05, 3.63) is 11.1 Å². The Bertz CT molecular complexity index is 354. The van der Waals surface area contributed by atoms with Gasteiger partial charge >= 0.3 is 0 Å². The maximum atomic E-state index is 11.6. The molecule has 0 fully saturated rings. The molecule has 1 amide bonds. The van der Waals surface area contributed by atoms with Gasteiger partial charge in [0.15, 0.2) is 5.13 Å². The third-order valence-corrected chi connectivity index (χ3v) is 3.34. The molecule has 1 aromatic heterocycles. The summed E-state index contributed by atoms with van der Waals surface area (Å²) in [5.74, 6) is 0.288. The summed E-state index contributed by atoms with van der Waals surface area (Å²) in [6, 6.07) is 0. The predicted octanol–water partition coefficient (Wildman–Crippen LogP) is 0.793. The number of anilines is 1. The van der Waals surface area contributed by atoms with Crippen molar-refractivity contribution in [3.8, 4) is 0 Å². The van der Waals surface area contributed by atoms with Crippen LogP contribution in [0.4, 0.5) is 5.13 Å². The fourth-order valence-corrected chi connectivity index (χ4v) is 2.08. The number of rotatable bonds is 7. The number of carbonyl (C=O) groups is 1. The number of nitrogens with one attached hydrogen (secondary N) is 1. The molecule has 1 unspecified atom stereocenters. The smallest absolute Gasteiger partial charge is 0.226 e. The van der Waals surface area contributed by atoms with Crippen molar-refractivity contribution < 1.29 is 9.90 Å². The highest BCUT2D eigenvalue weighted by molar-refractivity contribution is 7.13. The molecule has 1 atom stereocenters. The number of aromatic nitrogens is 1. The monoisotopic (exact) mass is 257 g/mol. The Morgan fingerprint density at radius 1 is 1.71 bits per heavy atom. The van der Waals surface area contributed by atoms with E-state index in [0.717, 1.165) is 12.8 Å². The maximum Gasteiger partial charge on any atom is 0.226 e. The zero-order valence-corrected chi connectivity index (χ0v) is 10.8. The summed E-state index contributed by atoms with van der Waals surface area (Å²) >= 11 is 1.34. The summed E-state index contributed by atoms with van der Waals surface area (Å²) in [4.78, 5) is 15.6. The Kier molecular flexibility index (Phi) is 5.93. The number of nitrogens with two attached hydrogens (primary N) is 1. The molecule has 0 spiro atoms. The van der Waals surface area contributed by atoms with E-state index in [9.17, 15) is 4.79 Å². The number of carbonyl (C=O) groups excluding carboxylic acids is 1. The third-order valence-electron chi connectivity index (χ3n) is 2.61. The molecule has 0 aromatic carbocycles. The van der Waals surface area contributed by atoms with Crippen molar-refractivity contribution >= 4 is 22.4 Å². The molecule has 0 saturated heterocycles. The van der Waals surface area contributed by atoms with E-state index in [-0.39, 0.29) is 18.9 Å². The Balaban J connectivity index is 2.29. The van der Waals surface area contributed by atoms with E-state index in [1.165, 1.54) is 11.3 Å². The normalized spacial score (nSPS) is 12.4. The van der Waals surface area contributed by atoms with Gasteiger partial charge in [0.2, 0.25) is 5.91 Å². The lowest BCUT2D eigenvalue weighted by molar-refractivity contribution is -0.120. The highest BCUT2D eigenvalue weighted by Crippen LogP contribution is 2.11. The minimum absolute atomic E-state index is 0.0494. The summed E-state index contributed by atoms with van der Waals surface area (Å²) in [6.07, 6.45) is 1.94. The van der Waals surface area contributed by atoms with Crippen LogP contribution in [0.1, 0.15) is 25.5 Å². The predicted molar refractivity (Wildman–Crippen MR) is 68.7 cm³/mol. The minimum Gasteiger partial charge on any atom is -0.396 e. The van der Waals surface area contributed by atoms with Crippen molar-refractivity contribution in [1.29, 1.82) is 0 Å². The summed E-state index contributed by atoms with van der Waals surface area (Å²) < 4.78 is 0. The second kappa shape index (κ2) is 7.24. The topological polar surface area (TPSA) is 88.2 Å². The third kappa shape index (κ3) is 5.14. The zero-order valence-electron chi connectivity index (χ0n) is 9.98. The number of aliphatic hydroxyl groups excluding tert-OH is 1. The zero-order chi connectivity index (χ0) is 12.7. The fourth-order valence-electron chi connectivity index (χ4n) is 1.52. The van der Waals surface area contributed by atoms with Gasteiger partial charge in [-0.1, -0.05) is 13.3 Å². The van der Waals surface area contributed by atoms with Gasteiger partial charge in [-0.3, -0.25) is 4.79 Å². The average molecular weight is 257 g/mol. The average Bonchev–Trinajstić information content (AvgIpc) is 2.70. The van der Waals surface area contributed by atoms with Crippen molar-refractivity contribution in [3.63, 3.8) is 0 Å². The second-order valence-electron chi connectivity index (χ2n) is 3.94. The number of nitrogens with zero attached hydrogens (tertiary/aromatic N) is 1. The lowest BCUT2D eigenvalue weighted by Gasteiger charge is -2.13.